The average Bonchev–Trinajstić information content (AvgIpc) is 3.25. The van der Waals surface area contributed by atoms with Crippen LogP contribution in [0.1, 0.15) is 17.7 Å². The van der Waals surface area contributed by atoms with E-state index in [1.165, 1.54) is 0 Å². The van der Waals surface area contributed by atoms with Gasteiger partial charge in [-0.3, -0.25) is 10.1 Å². The zero-order chi connectivity index (χ0) is 16.9. The van der Waals surface area contributed by atoms with Crippen molar-refractivity contribution < 1.29 is 0 Å². The minimum absolute atomic E-state index is 0.249. The Balaban J connectivity index is 1.62. The second kappa shape index (κ2) is 6.78. The van der Waals surface area contributed by atoms with E-state index in [-0.39, 0.29) is 5.82 Å². The third kappa shape index (κ3) is 3.17. The van der Waals surface area contributed by atoms with Crippen LogP contribution in [-0.2, 0) is 6.42 Å². The molecule has 9 heteroatoms. The van der Waals surface area contributed by atoms with E-state index in [2.05, 4.69) is 31.3 Å². The second-order valence-electron chi connectivity index (χ2n) is 5.29. The van der Waals surface area contributed by atoms with Crippen LogP contribution in [0.4, 0.5) is 11.6 Å². The topological polar surface area (TPSA) is 125 Å². The Labute approximate surface area is 138 Å². The van der Waals surface area contributed by atoms with Gasteiger partial charge in [0.1, 0.15) is 17.5 Å². The molecule has 0 aliphatic heterocycles. The number of nitrogens with one attached hydrogen (secondary N) is 1. The maximum atomic E-state index is 9.07. The van der Waals surface area contributed by atoms with Crippen LogP contribution in [0.2, 0.25) is 0 Å². The minimum atomic E-state index is 0.249. The molecular formula is C15H17N9. The third-order valence-corrected chi connectivity index (χ3v) is 3.64. The van der Waals surface area contributed by atoms with Gasteiger partial charge in [0.25, 0.3) is 0 Å². The Kier molecular flexibility index (Phi) is 4.38. The lowest BCUT2D eigenvalue weighted by Gasteiger charge is -2.18. The number of rotatable bonds is 6. The van der Waals surface area contributed by atoms with E-state index in [9.17, 15) is 0 Å². The van der Waals surface area contributed by atoms with Crippen LogP contribution in [0, 0.1) is 11.3 Å². The number of anilines is 2. The number of nitriles is 1. The lowest BCUT2D eigenvalue weighted by Crippen LogP contribution is -2.21. The number of aryl methyl sites for hydroxylation is 1. The molecule has 3 rings (SSSR count). The van der Waals surface area contributed by atoms with Crippen molar-refractivity contribution in [2.45, 2.75) is 12.8 Å². The molecule has 0 aliphatic carbocycles. The van der Waals surface area contributed by atoms with Crippen LogP contribution < -0.4 is 10.6 Å². The molecule has 9 nitrogen and oxygen atoms in total. The molecule has 0 saturated carbocycles. The van der Waals surface area contributed by atoms with Crippen molar-refractivity contribution in [1.82, 2.24) is 29.9 Å². The standard InChI is InChI=1S/C15H17N9/c1-23(6-2-4-12-11(8-16)15(17)22-21-12)13-9-18-10-14(20-13)24-7-3-5-19-24/h3,5,7,9-10H,2,4,6H2,1H3,(H3,17,21,22). The van der Waals surface area contributed by atoms with Crippen LogP contribution in [0.15, 0.2) is 30.9 Å². The lowest BCUT2D eigenvalue weighted by molar-refractivity contribution is 0.751. The number of aromatic amines is 1. The number of nitrogens with zero attached hydrogens (tertiary/aromatic N) is 7. The van der Waals surface area contributed by atoms with Crippen molar-refractivity contribution in [3.8, 4) is 11.9 Å². The molecule has 0 aliphatic rings. The molecule has 0 atom stereocenters. The summed E-state index contributed by atoms with van der Waals surface area (Å²) in [5.74, 6) is 1.67. The van der Waals surface area contributed by atoms with E-state index in [1.54, 1.807) is 23.3 Å². The van der Waals surface area contributed by atoms with Crippen molar-refractivity contribution in [2.75, 3.05) is 24.2 Å². The third-order valence-electron chi connectivity index (χ3n) is 3.64. The molecule has 0 aromatic carbocycles. The average molecular weight is 323 g/mol. The van der Waals surface area contributed by atoms with E-state index >= 15 is 0 Å². The number of nitrogen functional groups attached to an aromatic ring is 1. The molecule has 0 spiro atoms. The molecule has 122 valence electrons. The number of nitrogens with two attached hydrogens (primary N) is 1. The first-order valence-electron chi connectivity index (χ1n) is 7.45. The number of H-pyrrole nitrogens is 1. The highest BCUT2D eigenvalue weighted by atomic mass is 15.3. The fourth-order valence-corrected chi connectivity index (χ4v) is 2.35. The predicted octanol–water partition coefficient (Wildman–Crippen LogP) is 0.908. The maximum absolute atomic E-state index is 9.07. The fourth-order valence-electron chi connectivity index (χ4n) is 2.35. The van der Waals surface area contributed by atoms with Crippen LogP contribution in [0.3, 0.4) is 0 Å². The van der Waals surface area contributed by atoms with Gasteiger partial charge in [-0.15, -0.1) is 0 Å². The molecule has 0 unspecified atom stereocenters. The van der Waals surface area contributed by atoms with E-state index in [0.29, 0.717) is 17.8 Å². The van der Waals surface area contributed by atoms with Crippen LogP contribution in [0.5, 0.6) is 0 Å². The van der Waals surface area contributed by atoms with Crippen LogP contribution in [0.25, 0.3) is 5.82 Å². The van der Waals surface area contributed by atoms with E-state index < -0.39 is 0 Å². The highest BCUT2D eigenvalue weighted by Gasteiger charge is 2.11. The van der Waals surface area contributed by atoms with Crippen molar-refractivity contribution >= 4 is 11.6 Å². The lowest BCUT2D eigenvalue weighted by atomic mass is 10.1. The predicted molar refractivity (Wildman–Crippen MR) is 88.5 cm³/mol. The molecule has 3 heterocycles. The van der Waals surface area contributed by atoms with Gasteiger partial charge < -0.3 is 10.6 Å². The molecular weight excluding hydrogens is 306 g/mol. The summed E-state index contributed by atoms with van der Waals surface area (Å²) in [6, 6.07) is 3.91. The minimum Gasteiger partial charge on any atom is -0.381 e. The van der Waals surface area contributed by atoms with Gasteiger partial charge in [-0.2, -0.15) is 15.5 Å². The maximum Gasteiger partial charge on any atom is 0.173 e. The Morgan fingerprint density at radius 2 is 2.29 bits per heavy atom. The van der Waals surface area contributed by atoms with Gasteiger partial charge in [-0.05, 0) is 18.9 Å². The summed E-state index contributed by atoms with van der Waals surface area (Å²) in [5.41, 5.74) is 6.83. The Morgan fingerprint density at radius 1 is 1.42 bits per heavy atom. The Morgan fingerprint density at radius 3 is 3.04 bits per heavy atom. The number of aromatic nitrogens is 6. The van der Waals surface area contributed by atoms with Gasteiger partial charge in [0, 0.05) is 26.0 Å². The van der Waals surface area contributed by atoms with Gasteiger partial charge in [0.2, 0.25) is 0 Å². The molecule has 3 N–H and O–H groups in total. The molecule has 0 radical (unpaired) electrons. The van der Waals surface area contributed by atoms with E-state index in [4.69, 9.17) is 11.0 Å². The molecule has 24 heavy (non-hydrogen) atoms. The summed E-state index contributed by atoms with van der Waals surface area (Å²) >= 11 is 0. The fraction of sp³-hybridized carbons (Fsp3) is 0.267. The summed E-state index contributed by atoms with van der Waals surface area (Å²) in [6.07, 6.45) is 8.39. The van der Waals surface area contributed by atoms with Crippen molar-refractivity contribution in [3.63, 3.8) is 0 Å². The first-order chi connectivity index (χ1) is 11.7. The van der Waals surface area contributed by atoms with Crippen molar-refractivity contribution in [1.29, 1.82) is 5.26 Å². The van der Waals surface area contributed by atoms with Gasteiger partial charge in [-0.1, -0.05) is 0 Å². The van der Waals surface area contributed by atoms with Gasteiger partial charge in [0.05, 0.1) is 18.1 Å². The first kappa shape index (κ1) is 15.5. The molecule has 3 aromatic heterocycles. The summed E-state index contributed by atoms with van der Waals surface area (Å²) in [5, 5.41) is 19.9. The van der Waals surface area contributed by atoms with Crippen LogP contribution in [-0.4, -0.2) is 43.5 Å². The van der Waals surface area contributed by atoms with Crippen molar-refractivity contribution in [2.24, 2.45) is 0 Å². The SMILES string of the molecule is CN(CCCc1[nH]nc(N)c1C#N)c1cncc(-n2cccn2)n1. The summed E-state index contributed by atoms with van der Waals surface area (Å²) in [7, 11) is 1.95. The molecule has 0 saturated heterocycles. The normalized spacial score (nSPS) is 10.5. The monoisotopic (exact) mass is 323 g/mol. The van der Waals surface area contributed by atoms with Gasteiger partial charge in [-0.25, -0.2) is 9.67 Å². The number of hydrogen-bond acceptors (Lipinski definition) is 7. The van der Waals surface area contributed by atoms with Gasteiger partial charge in [0.15, 0.2) is 11.6 Å². The van der Waals surface area contributed by atoms with Gasteiger partial charge >= 0.3 is 0 Å². The van der Waals surface area contributed by atoms with Crippen LogP contribution >= 0.6 is 0 Å². The highest BCUT2D eigenvalue weighted by molar-refractivity contribution is 5.50. The zero-order valence-corrected chi connectivity index (χ0v) is 13.2. The molecule has 0 fully saturated rings. The number of hydrogen-bond donors (Lipinski definition) is 2. The summed E-state index contributed by atoms with van der Waals surface area (Å²) in [4.78, 5) is 10.8. The molecule has 3 aromatic rings. The molecule has 0 bridgehead atoms. The zero-order valence-electron chi connectivity index (χ0n) is 13.2. The highest BCUT2D eigenvalue weighted by Crippen LogP contribution is 2.15. The first-order valence-corrected chi connectivity index (χ1v) is 7.45. The summed E-state index contributed by atoms with van der Waals surface area (Å²) < 4.78 is 1.66. The smallest absolute Gasteiger partial charge is 0.173 e. The Bertz CT molecular complexity index is 844. The van der Waals surface area contributed by atoms with E-state index in [0.717, 1.165) is 24.5 Å². The second-order valence-corrected chi connectivity index (χ2v) is 5.29. The largest absolute Gasteiger partial charge is 0.381 e. The quantitative estimate of drug-likeness (QED) is 0.690. The molecule has 0 amide bonds. The van der Waals surface area contributed by atoms with E-state index in [1.807, 2.05) is 24.2 Å². The van der Waals surface area contributed by atoms with Crippen molar-refractivity contribution in [3.05, 3.63) is 42.1 Å². The summed E-state index contributed by atoms with van der Waals surface area (Å²) in [6.45, 7) is 0.751. The Hall–Kier alpha value is -3.41.